The molecule has 7 nitrogen and oxygen atoms in total. The molecule has 0 atom stereocenters. The van der Waals surface area contributed by atoms with E-state index < -0.39 is 5.91 Å². The first kappa shape index (κ1) is 18.1. The second-order valence-corrected chi connectivity index (χ2v) is 6.92. The molecule has 0 saturated heterocycles. The molecule has 1 aromatic heterocycles. The smallest absolute Gasteiger partial charge is 0.287 e. The monoisotopic (exact) mass is 398 g/mol. The number of benzene rings is 2. The minimum Gasteiger partial charge on any atom is -0.496 e. The van der Waals surface area contributed by atoms with Gasteiger partial charge in [0, 0.05) is 18.7 Å². The van der Waals surface area contributed by atoms with E-state index in [0.29, 0.717) is 34.3 Å². The molecule has 0 aliphatic carbocycles. The van der Waals surface area contributed by atoms with Gasteiger partial charge in [-0.15, -0.1) is 6.58 Å². The number of hydrogen-bond donors (Lipinski definition) is 0. The van der Waals surface area contributed by atoms with Gasteiger partial charge in [-0.1, -0.05) is 23.5 Å². The highest BCUT2D eigenvalue weighted by atomic mass is 32.1. The van der Waals surface area contributed by atoms with Crippen LogP contribution in [0.1, 0.15) is 10.4 Å². The lowest BCUT2D eigenvalue weighted by Crippen LogP contribution is -2.17. The molecule has 1 aliphatic heterocycles. The fourth-order valence-corrected chi connectivity index (χ4v) is 4.10. The second kappa shape index (κ2) is 7.40. The van der Waals surface area contributed by atoms with Crippen molar-refractivity contribution in [1.82, 2.24) is 4.57 Å². The zero-order valence-electron chi connectivity index (χ0n) is 15.4. The van der Waals surface area contributed by atoms with E-state index in [2.05, 4.69) is 11.6 Å². The molecule has 2 aromatic carbocycles. The maximum Gasteiger partial charge on any atom is 0.287 e. The molecule has 0 N–H and O–H groups in total. The van der Waals surface area contributed by atoms with Crippen molar-refractivity contribution in [1.29, 1.82) is 0 Å². The van der Waals surface area contributed by atoms with Gasteiger partial charge < -0.3 is 23.5 Å². The Morgan fingerprint density at radius 1 is 1.25 bits per heavy atom. The van der Waals surface area contributed by atoms with Crippen molar-refractivity contribution in [3.8, 4) is 23.0 Å². The third-order valence-electron chi connectivity index (χ3n) is 4.33. The van der Waals surface area contributed by atoms with Crippen LogP contribution in [0.5, 0.6) is 23.0 Å². The van der Waals surface area contributed by atoms with Crippen LogP contribution in [-0.4, -0.2) is 31.5 Å². The van der Waals surface area contributed by atoms with Gasteiger partial charge in [0.15, 0.2) is 16.3 Å². The summed E-state index contributed by atoms with van der Waals surface area (Å²) in [4.78, 5) is 17.9. The van der Waals surface area contributed by atoms with Crippen LogP contribution in [0.25, 0.3) is 10.2 Å². The van der Waals surface area contributed by atoms with Crippen LogP contribution in [0.15, 0.2) is 48.0 Å². The van der Waals surface area contributed by atoms with Crippen LogP contribution in [-0.2, 0) is 6.54 Å². The van der Waals surface area contributed by atoms with Crippen LogP contribution in [0.4, 0.5) is 0 Å². The summed E-state index contributed by atoms with van der Waals surface area (Å²) in [6.07, 6.45) is 1.75. The average molecular weight is 398 g/mol. The Labute approximate surface area is 165 Å². The number of aromatic nitrogens is 1. The summed E-state index contributed by atoms with van der Waals surface area (Å²) in [7, 11) is 3.01. The van der Waals surface area contributed by atoms with Gasteiger partial charge in [0.25, 0.3) is 5.91 Å². The number of methoxy groups -OCH3 is 2. The van der Waals surface area contributed by atoms with Crippen molar-refractivity contribution in [3.05, 3.63) is 53.4 Å². The van der Waals surface area contributed by atoms with Crippen LogP contribution >= 0.6 is 11.3 Å². The Balaban J connectivity index is 1.89. The second-order valence-electron chi connectivity index (χ2n) is 5.91. The van der Waals surface area contributed by atoms with Gasteiger partial charge in [0.2, 0.25) is 6.79 Å². The highest BCUT2D eigenvalue weighted by Crippen LogP contribution is 2.37. The molecule has 0 radical (unpaired) electrons. The number of nitrogens with zero attached hydrogens (tertiary/aromatic N) is 2. The van der Waals surface area contributed by atoms with E-state index in [1.807, 2.05) is 16.7 Å². The molecular formula is C20H18N2O5S. The Morgan fingerprint density at radius 3 is 2.57 bits per heavy atom. The summed E-state index contributed by atoms with van der Waals surface area (Å²) in [6.45, 7) is 4.51. The highest BCUT2D eigenvalue weighted by Gasteiger charge is 2.20. The van der Waals surface area contributed by atoms with E-state index in [1.165, 1.54) is 25.6 Å². The minimum atomic E-state index is -0.446. The molecule has 0 spiro atoms. The number of amides is 1. The molecule has 0 unspecified atom stereocenters. The molecule has 2 heterocycles. The number of allylic oxidation sites excluding steroid dienone is 1. The van der Waals surface area contributed by atoms with Crippen molar-refractivity contribution in [3.63, 3.8) is 0 Å². The first-order valence-corrected chi connectivity index (χ1v) is 9.32. The Hall–Kier alpha value is -3.26. The summed E-state index contributed by atoms with van der Waals surface area (Å²) >= 11 is 1.39. The van der Waals surface area contributed by atoms with Gasteiger partial charge in [-0.2, -0.15) is 4.99 Å². The zero-order valence-corrected chi connectivity index (χ0v) is 16.2. The summed E-state index contributed by atoms with van der Waals surface area (Å²) in [5.41, 5.74) is 1.18. The van der Waals surface area contributed by atoms with Crippen LogP contribution in [0.2, 0.25) is 0 Å². The van der Waals surface area contributed by atoms with E-state index in [9.17, 15) is 4.79 Å². The van der Waals surface area contributed by atoms with Crippen molar-refractivity contribution < 1.29 is 23.7 Å². The van der Waals surface area contributed by atoms with Crippen molar-refractivity contribution >= 4 is 27.5 Å². The van der Waals surface area contributed by atoms with Gasteiger partial charge in [-0.3, -0.25) is 4.79 Å². The van der Waals surface area contributed by atoms with E-state index in [4.69, 9.17) is 18.9 Å². The Kier molecular flexibility index (Phi) is 4.79. The molecule has 3 aromatic rings. The van der Waals surface area contributed by atoms with Crippen molar-refractivity contribution in [2.45, 2.75) is 6.54 Å². The first-order valence-electron chi connectivity index (χ1n) is 8.50. The number of carbonyl (C=O) groups excluding carboxylic acids is 1. The fourth-order valence-electron chi connectivity index (χ4n) is 3.06. The van der Waals surface area contributed by atoms with E-state index in [1.54, 1.807) is 24.3 Å². The van der Waals surface area contributed by atoms with Gasteiger partial charge in [0.1, 0.15) is 17.1 Å². The molecule has 0 fully saturated rings. The number of rotatable bonds is 5. The van der Waals surface area contributed by atoms with Crippen molar-refractivity contribution in [2.24, 2.45) is 4.99 Å². The van der Waals surface area contributed by atoms with Gasteiger partial charge in [-0.05, 0) is 12.1 Å². The lowest BCUT2D eigenvalue weighted by molar-refractivity contribution is 0.0992. The Morgan fingerprint density at radius 2 is 1.93 bits per heavy atom. The summed E-state index contributed by atoms with van der Waals surface area (Å²) in [6, 6.07) is 8.95. The molecule has 28 heavy (non-hydrogen) atoms. The largest absolute Gasteiger partial charge is 0.496 e. The molecule has 1 amide bonds. The predicted octanol–water partition coefficient (Wildman–Crippen LogP) is 3.38. The fraction of sp³-hybridized carbons (Fsp3) is 0.200. The number of ether oxygens (including phenoxy) is 4. The number of hydrogen-bond acceptors (Lipinski definition) is 6. The van der Waals surface area contributed by atoms with Gasteiger partial charge in [0.05, 0.1) is 24.4 Å². The minimum absolute atomic E-state index is 0.206. The normalized spacial score (nSPS) is 13.0. The van der Waals surface area contributed by atoms with E-state index >= 15 is 0 Å². The SMILES string of the molecule is C=CCn1c(=NC(=O)c2c(OC)cccc2OC)sc2cc3c(cc21)OCO3. The number of thiazole rings is 1. The average Bonchev–Trinajstić information content (AvgIpc) is 3.29. The molecule has 144 valence electrons. The van der Waals surface area contributed by atoms with E-state index in [0.717, 1.165) is 10.2 Å². The van der Waals surface area contributed by atoms with E-state index in [-0.39, 0.29) is 12.4 Å². The molecule has 1 aliphatic rings. The number of carbonyl (C=O) groups is 1. The van der Waals surface area contributed by atoms with Crippen LogP contribution in [0, 0.1) is 0 Å². The molecular weight excluding hydrogens is 380 g/mol. The summed E-state index contributed by atoms with van der Waals surface area (Å²) in [5.74, 6) is 1.73. The lowest BCUT2D eigenvalue weighted by Gasteiger charge is -2.09. The Bertz CT molecular complexity index is 1120. The molecule has 0 bridgehead atoms. The summed E-state index contributed by atoms with van der Waals surface area (Å²) < 4.78 is 24.4. The number of fused-ring (bicyclic) bond motifs is 2. The topological polar surface area (TPSA) is 71.3 Å². The van der Waals surface area contributed by atoms with Crippen LogP contribution in [0.3, 0.4) is 0 Å². The molecule has 4 rings (SSSR count). The van der Waals surface area contributed by atoms with Gasteiger partial charge >= 0.3 is 0 Å². The maximum atomic E-state index is 13.0. The summed E-state index contributed by atoms with van der Waals surface area (Å²) in [5, 5.41) is 0. The maximum absolute atomic E-state index is 13.0. The third-order valence-corrected chi connectivity index (χ3v) is 5.37. The predicted molar refractivity (Wildman–Crippen MR) is 106 cm³/mol. The van der Waals surface area contributed by atoms with Gasteiger partial charge in [-0.25, -0.2) is 0 Å². The standard InChI is InChI=1S/C20H18N2O5S/c1-4-8-22-12-9-15-16(27-11-26-15)10-17(12)28-20(22)21-19(23)18-13(24-2)6-5-7-14(18)25-3/h4-7,9-10H,1,8,11H2,2-3H3. The highest BCUT2D eigenvalue weighted by molar-refractivity contribution is 7.16. The van der Waals surface area contributed by atoms with Crippen molar-refractivity contribution in [2.75, 3.05) is 21.0 Å². The quantitative estimate of drug-likeness (QED) is 0.616. The van der Waals surface area contributed by atoms with Crippen LogP contribution < -0.4 is 23.7 Å². The first-order chi connectivity index (χ1) is 13.7. The molecule has 0 saturated carbocycles. The zero-order chi connectivity index (χ0) is 19.7. The molecule has 8 heteroatoms. The third kappa shape index (κ3) is 3.01. The lowest BCUT2D eigenvalue weighted by atomic mass is 10.1.